The van der Waals surface area contributed by atoms with Gasteiger partial charge in [-0.3, -0.25) is 4.79 Å². The molecular weight excluding hydrogens is 714 g/mol. The number of aliphatic hydroxyl groups is 7. The van der Waals surface area contributed by atoms with E-state index in [4.69, 9.17) is 9.47 Å². The van der Waals surface area contributed by atoms with Crippen LogP contribution in [-0.2, 0) is 14.3 Å². The SMILES string of the molecule is CCCC=CCCCCCCCCCCCCC(O)C(=O)NC(COC1OC(CO)C(O)C(O)C1O)C(O)C(O)CCCCCCC=CCCCCCCCC. The Bertz CT molecular complexity index is 965. The van der Waals surface area contributed by atoms with Crippen molar-refractivity contribution in [1.82, 2.24) is 5.32 Å². The van der Waals surface area contributed by atoms with Gasteiger partial charge in [0, 0.05) is 0 Å². The summed E-state index contributed by atoms with van der Waals surface area (Å²) in [4.78, 5) is 13.1. The second-order valence-corrected chi connectivity index (χ2v) is 16.1. The number of allylic oxidation sites excluding steroid dienone is 4. The molecule has 0 bridgehead atoms. The first-order valence-electron chi connectivity index (χ1n) is 22.7. The van der Waals surface area contributed by atoms with Crippen molar-refractivity contribution in [3.8, 4) is 0 Å². The minimum atomic E-state index is -1.66. The van der Waals surface area contributed by atoms with E-state index in [1.165, 1.54) is 96.3 Å². The zero-order chi connectivity index (χ0) is 41.2. The number of nitrogens with one attached hydrogen (secondary N) is 1. The van der Waals surface area contributed by atoms with Crippen LogP contribution in [0, 0.1) is 0 Å². The standard InChI is InChI=1S/C45H85NO10/c1-3-5-7-9-11-13-15-17-19-21-23-25-27-29-31-33-38(49)44(54)46-36(35-55-45-43(53)42(52)41(51)39(34-47)56-45)40(50)37(48)32-30-28-26-24-22-20-18-16-14-12-10-8-6-4-2/h7,9,18,20,36-43,45,47-53H,3-6,8,10-17,19,21-35H2,1-2H3,(H,46,54). The minimum Gasteiger partial charge on any atom is -0.394 e. The maximum atomic E-state index is 13.1. The average molecular weight is 800 g/mol. The first kappa shape index (κ1) is 52.6. The van der Waals surface area contributed by atoms with Gasteiger partial charge < -0.3 is 50.5 Å². The van der Waals surface area contributed by atoms with Crippen molar-refractivity contribution in [1.29, 1.82) is 0 Å². The Labute approximate surface area is 340 Å². The third-order valence-electron chi connectivity index (χ3n) is 11.0. The number of ether oxygens (including phenoxy) is 2. The Hall–Kier alpha value is -1.41. The Balaban J connectivity index is 2.48. The topological polar surface area (TPSA) is 189 Å². The molecular formula is C45H85NO10. The summed E-state index contributed by atoms with van der Waals surface area (Å²) in [6.45, 7) is 3.37. The van der Waals surface area contributed by atoms with Crippen LogP contribution in [0.1, 0.15) is 187 Å². The number of aliphatic hydroxyl groups excluding tert-OH is 7. The molecule has 0 radical (unpaired) electrons. The van der Waals surface area contributed by atoms with Crippen LogP contribution in [-0.4, -0.2) is 110 Å². The molecule has 0 aromatic rings. The quantitative estimate of drug-likeness (QED) is 0.0239. The Morgan fingerprint density at radius 2 is 1.07 bits per heavy atom. The van der Waals surface area contributed by atoms with Gasteiger partial charge in [-0.15, -0.1) is 0 Å². The lowest BCUT2D eigenvalue weighted by atomic mass is 9.98. The molecule has 11 nitrogen and oxygen atoms in total. The van der Waals surface area contributed by atoms with Crippen molar-refractivity contribution in [3.63, 3.8) is 0 Å². The third-order valence-corrected chi connectivity index (χ3v) is 11.0. The van der Waals surface area contributed by atoms with Crippen LogP contribution in [0.3, 0.4) is 0 Å². The lowest BCUT2D eigenvalue weighted by Gasteiger charge is -2.40. The van der Waals surface area contributed by atoms with Gasteiger partial charge in [0.1, 0.15) is 36.6 Å². The van der Waals surface area contributed by atoms with Gasteiger partial charge in [-0.2, -0.15) is 0 Å². The molecule has 0 spiro atoms. The van der Waals surface area contributed by atoms with Crippen molar-refractivity contribution in [2.24, 2.45) is 0 Å². The predicted molar refractivity (Wildman–Crippen MR) is 224 cm³/mol. The normalized spacial score (nSPS) is 22.5. The third kappa shape index (κ3) is 25.2. The molecule has 1 fully saturated rings. The van der Waals surface area contributed by atoms with E-state index in [0.29, 0.717) is 19.3 Å². The van der Waals surface area contributed by atoms with Crippen LogP contribution < -0.4 is 5.32 Å². The van der Waals surface area contributed by atoms with Crippen LogP contribution in [0.25, 0.3) is 0 Å². The van der Waals surface area contributed by atoms with Gasteiger partial charge in [0.2, 0.25) is 5.91 Å². The van der Waals surface area contributed by atoms with E-state index >= 15 is 0 Å². The molecule has 0 saturated carbocycles. The van der Waals surface area contributed by atoms with Gasteiger partial charge >= 0.3 is 0 Å². The van der Waals surface area contributed by atoms with Crippen molar-refractivity contribution < 1.29 is 50.0 Å². The highest BCUT2D eigenvalue weighted by Crippen LogP contribution is 2.23. The fraction of sp³-hybridized carbons (Fsp3) is 0.889. The fourth-order valence-corrected chi connectivity index (χ4v) is 7.14. The maximum absolute atomic E-state index is 13.1. The van der Waals surface area contributed by atoms with Gasteiger partial charge in [-0.1, -0.05) is 154 Å². The molecule has 0 aromatic heterocycles. The molecule has 330 valence electrons. The highest BCUT2D eigenvalue weighted by molar-refractivity contribution is 5.80. The van der Waals surface area contributed by atoms with E-state index < -0.39 is 74.2 Å². The largest absolute Gasteiger partial charge is 0.394 e. The van der Waals surface area contributed by atoms with E-state index in [-0.39, 0.29) is 6.42 Å². The van der Waals surface area contributed by atoms with Gasteiger partial charge in [0.05, 0.1) is 25.4 Å². The number of hydrogen-bond donors (Lipinski definition) is 8. The molecule has 56 heavy (non-hydrogen) atoms. The summed E-state index contributed by atoms with van der Waals surface area (Å²) in [5.41, 5.74) is 0. The summed E-state index contributed by atoms with van der Waals surface area (Å²) in [5.74, 6) is -0.705. The smallest absolute Gasteiger partial charge is 0.249 e. The zero-order valence-corrected chi connectivity index (χ0v) is 35.4. The molecule has 11 heteroatoms. The maximum Gasteiger partial charge on any atom is 0.249 e. The van der Waals surface area contributed by atoms with Crippen molar-refractivity contribution in [3.05, 3.63) is 24.3 Å². The number of unbranched alkanes of at least 4 members (excludes halogenated alkanes) is 21. The first-order valence-corrected chi connectivity index (χ1v) is 22.7. The number of amides is 1. The van der Waals surface area contributed by atoms with E-state index in [2.05, 4.69) is 43.5 Å². The number of carbonyl (C=O) groups excluding carboxylic acids is 1. The van der Waals surface area contributed by atoms with Crippen molar-refractivity contribution in [2.45, 2.75) is 242 Å². The lowest BCUT2D eigenvalue weighted by molar-refractivity contribution is -0.303. The molecule has 1 rings (SSSR count). The van der Waals surface area contributed by atoms with Gasteiger partial charge in [-0.05, 0) is 57.8 Å². The highest BCUT2D eigenvalue weighted by Gasteiger charge is 2.44. The van der Waals surface area contributed by atoms with Crippen molar-refractivity contribution >= 4 is 5.91 Å². The monoisotopic (exact) mass is 800 g/mol. The highest BCUT2D eigenvalue weighted by atomic mass is 16.7. The molecule has 0 aromatic carbocycles. The summed E-state index contributed by atoms with van der Waals surface area (Å²) in [5, 5.41) is 75.6. The van der Waals surface area contributed by atoms with Crippen molar-refractivity contribution in [2.75, 3.05) is 13.2 Å². The minimum absolute atomic E-state index is 0.256. The number of hydrogen-bond acceptors (Lipinski definition) is 10. The second-order valence-electron chi connectivity index (χ2n) is 16.1. The molecule has 8 N–H and O–H groups in total. The molecule has 1 aliphatic heterocycles. The van der Waals surface area contributed by atoms with Crippen LogP contribution in [0.5, 0.6) is 0 Å². The Morgan fingerprint density at radius 3 is 1.57 bits per heavy atom. The van der Waals surface area contributed by atoms with Crippen LogP contribution in [0.15, 0.2) is 24.3 Å². The van der Waals surface area contributed by atoms with Gasteiger partial charge in [0.25, 0.3) is 0 Å². The second kappa shape index (κ2) is 35.5. The lowest BCUT2D eigenvalue weighted by Crippen LogP contribution is -2.60. The molecule has 0 aliphatic carbocycles. The zero-order valence-electron chi connectivity index (χ0n) is 35.4. The van der Waals surface area contributed by atoms with Crippen LogP contribution >= 0.6 is 0 Å². The molecule has 1 saturated heterocycles. The first-order chi connectivity index (χ1) is 27.2. The molecule has 9 atom stereocenters. The molecule has 1 heterocycles. The summed E-state index contributed by atoms with van der Waals surface area (Å²) in [6.07, 6.45) is 26.5. The average Bonchev–Trinajstić information content (AvgIpc) is 3.20. The summed E-state index contributed by atoms with van der Waals surface area (Å²) in [6, 6.07) is -1.17. The van der Waals surface area contributed by atoms with Gasteiger partial charge in [0.15, 0.2) is 6.29 Å². The van der Waals surface area contributed by atoms with E-state index in [9.17, 15) is 40.5 Å². The fourth-order valence-electron chi connectivity index (χ4n) is 7.14. The Kier molecular flexibility index (Phi) is 33.4. The summed E-state index contributed by atoms with van der Waals surface area (Å²) in [7, 11) is 0. The van der Waals surface area contributed by atoms with E-state index in [1.54, 1.807) is 0 Å². The molecule has 1 amide bonds. The van der Waals surface area contributed by atoms with E-state index in [1.807, 2.05) is 0 Å². The Morgan fingerprint density at radius 1 is 0.607 bits per heavy atom. The van der Waals surface area contributed by atoms with Gasteiger partial charge in [-0.25, -0.2) is 0 Å². The van der Waals surface area contributed by atoms with Crippen LogP contribution in [0.4, 0.5) is 0 Å². The number of carbonyl (C=O) groups is 1. The van der Waals surface area contributed by atoms with Crippen LogP contribution in [0.2, 0.25) is 0 Å². The molecule has 1 aliphatic rings. The molecule has 9 unspecified atom stereocenters. The predicted octanol–water partition coefficient (Wildman–Crippen LogP) is 7.06. The number of rotatable bonds is 37. The summed E-state index contributed by atoms with van der Waals surface area (Å²) >= 11 is 0. The summed E-state index contributed by atoms with van der Waals surface area (Å²) < 4.78 is 11.1. The van der Waals surface area contributed by atoms with E-state index in [0.717, 1.165) is 51.4 Å².